The molecule has 1 fully saturated rings. The molecule has 2 aliphatic heterocycles. The minimum atomic E-state index is -0.616. The fourth-order valence-electron chi connectivity index (χ4n) is 3.42. The number of nitrogens with zero attached hydrogens (tertiary/aromatic N) is 5. The van der Waals surface area contributed by atoms with Crippen LogP contribution >= 0.6 is 0 Å². The molecule has 1 saturated heterocycles. The van der Waals surface area contributed by atoms with E-state index in [0.29, 0.717) is 18.1 Å². The molecule has 11 heteroatoms. The highest BCUT2D eigenvalue weighted by Gasteiger charge is 2.48. The SMILES string of the molecule is CCCCCCN1C(N/N=C/c2ccc([N+](=O)[O-])cc2)=NC2C1C(=O)NC(=O)N2C. The second-order valence-corrected chi connectivity index (χ2v) is 7.19. The van der Waals surface area contributed by atoms with Gasteiger partial charge in [0.1, 0.15) is 0 Å². The van der Waals surface area contributed by atoms with Gasteiger partial charge in [-0.15, -0.1) is 0 Å². The third-order valence-corrected chi connectivity index (χ3v) is 5.10. The van der Waals surface area contributed by atoms with E-state index < -0.39 is 23.2 Å². The number of urea groups is 1. The number of hydrazone groups is 1. The van der Waals surface area contributed by atoms with E-state index in [9.17, 15) is 19.7 Å². The molecule has 2 heterocycles. The largest absolute Gasteiger partial charge is 0.326 e. The van der Waals surface area contributed by atoms with Crippen LogP contribution in [-0.4, -0.2) is 64.6 Å². The molecule has 2 aliphatic rings. The first-order valence-corrected chi connectivity index (χ1v) is 9.88. The first kappa shape index (κ1) is 21.2. The Morgan fingerprint density at radius 3 is 2.67 bits per heavy atom. The van der Waals surface area contributed by atoms with Crippen molar-refractivity contribution >= 4 is 29.8 Å². The van der Waals surface area contributed by atoms with Crippen molar-refractivity contribution in [1.82, 2.24) is 20.5 Å². The first-order chi connectivity index (χ1) is 14.4. The molecule has 0 saturated carbocycles. The van der Waals surface area contributed by atoms with Crippen molar-refractivity contribution in [2.45, 2.75) is 44.8 Å². The van der Waals surface area contributed by atoms with Gasteiger partial charge in [-0.05, 0) is 24.1 Å². The lowest BCUT2D eigenvalue weighted by molar-refractivity contribution is -0.384. The Kier molecular flexibility index (Phi) is 6.60. The van der Waals surface area contributed by atoms with Crippen LogP contribution in [0.1, 0.15) is 38.2 Å². The minimum absolute atomic E-state index is 0.00123. The topological polar surface area (TPSA) is 133 Å². The van der Waals surface area contributed by atoms with Crippen molar-refractivity contribution in [2.24, 2.45) is 10.1 Å². The minimum Gasteiger partial charge on any atom is -0.326 e. The summed E-state index contributed by atoms with van der Waals surface area (Å²) in [6, 6.07) is 4.88. The fourth-order valence-corrected chi connectivity index (χ4v) is 3.42. The highest BCUT2D eigenvalue weighted by molar-refractivity contribution is 6.03. The van der Waals surface area contributed by atoms with E-state index in [1.807, 2.05) is 4.90 Å². The molecule has 160 valence electrons. The summed E-state index contributed by atoms with van der Waals surface area (Å²) in [5.74, 6) is 0.0369. The van der Waals surface area contributed by atoms with Gasteiger partial charge in [-0.3, -0.25) is 20.2 Å². The summed E-state index contributed by atoms with van der Waals surface area (Å²) >= 11 is 0. The summed E-state index contributed by atoms with van der Waals surface area (Å²) < 4.78 is 0. The number of nitro groups is 1. The average molecular weight is 415 g/mol. The number of nitro benzene ring substituents is 1. The fraction of sp³-hybridized carbons (Fsp3) is 0.474. The first-order valence-electron chi connectivity index (χ1n) is 9.88. The second-order valence-electron chi connectivity index (χ2n) is 7.19. The third kappa shape index (κ3) is 4.56. The molecular weight excluding hydrogens is 390 g/mol. The Labute approximate surface area is 174 Å². The van der Waals surface area contributed by atoms with E-state index in [4.69, 9.17) is 0 Å². The number of imide groups is 1. The zero-order valence-electron chi connectivity index (χ0n) is 16.9. The van der Waals surface area contributed by atoms with Crippen LogP contribution < -0.4 is 10.7 Å². The molecule has 3 amide bonds. The predicted octanol–water partition coefficient (Wildman–Crippen LogP) is 1.65. The lowest BCUT2D eigenvalue weighted by atomic mass is 10.1. The number of benzene rings is 1. The maximum Gasteiger partial charge on any atom is 0.325 e. The Morgan fingerprint density at radius 2 is 2.00 bits per heavy atom. The van der Waals surface area contributed by atoms with Gasteiger partial charge in [0.25, 0.3) is 11.6 Å². The van der Waals surface area contributed by atoms with E-state index in [0.717, 1.165) is 25.7 Å². The molecule has 2 atom stereocenters. The van der Waals surface area contributed by atoms with Crippen LogP contribution in [0, 0.1) is 10.1 Å². The van der Waals surface area contributed by atoms with Gasteiger partial charge in [-0.2, -0.15) is 5.10 Å². The highest BCUT2D eigenvalue weighted by Crippen LogP contribution is 2.24. The van der Waals surface area contributed by atoms with Crippen LogP contribution in [0.25, 0.3) is 0 Å². The van der Waals surface area contributed by atoms with E-state index in [1.54, 1.807) is 19.2 Å². The van der Waals surface area contributed by atoms with Gasteiger partial charge in [-0.1, -0.05) is 26.2 Å². The van der Waals surface area contributed by atoms with Crippen molar-refractivity contribution in [3.63, 3.8) is 0 Å². The Balaban J connectivity index is 1.72. The van der Waals surface area contributed by atoms with Crippen LogP contribution in [0.4, 0.5) is 10.5 Å². The Hall–Kier alpha value is -3.50. The van der Waals surface area contributed by atoms with Gasteiger partial charge in [0.05, 0.1) is 11.1 Å². The van der Waals surface area contributed by atoms with Gasteiger partial charge < -0.3 is 9.80 Å². The van der Waals surface area contributed by atoms with Gasteiger partial charge >= 0.3 is 6.03 Å². The molecule has 0 spiro atoms. The number of nitrogens with one attached hydrogen (secondary N) is 2. The Morgan fingerprint density at radius 1 is 1.27 bits per heavy atom. The standard InChI is InChI=1S/C19H25N7O4/c1-3-4-5-6-11-25-15-16(24(2)19(28)22-17(15)27)21-18(25)23-20-12-13-7-9-14(10-8-13)26(29)30/h7-10,12,15-16H,3-6,11H2,1-2H3,(H,21,23)(H,22,27,28)/b20-12+. The van der Waals surface area contributed by atoms with Crippen molar-refractivity contribution in [3.05, 3.63) is 39.9 Å². The number of amides is 3. The second kappa shape index (κ2) is 9.33. The van der Waals surface area contributed by atoms with Gasteiger partial charge in [0, 0.05) is 25.7 Å². The Bertz CT molecular complexity index is 868. The molecule has 11 nitrogen and oxygen atoms in total. The van der Waals surface area contributed by atoms with Gasteiger partial charge in [0.15, 0.2) is 12.2 Å². The monoisotopic (exact) mass is 415 g/mol. The molecule has 0 radical (unpaired) electrons. The molecule has 2 N–H and O–H groups in total. The molecular formula is C19H25N7O4. The summed E-state index contributed by atoms with van der Waals surface area (Å²) in [4.78, 5) is 42.4. The van der Waals surface area contributed by atoms with Crippen molar-refractivity contribution < 1.29 is 14.5 Å². The number of guanidine groups is 1. The maximum absolute atomic E-state index is 12.5. The normalized spacial score (nSPS) is 20.9. The molecule has 3 rings (SSSR count). The number of rotatable bonds is 8. The number of non-ortho nitro benzene ring substituents is 1. The number of likely N-dealkylation sites (N-methyl/N-ethyl adjacent to an activating group) is 1. The highest BCUT2D eigenvalue weighted by atomic mass is 16.6. The van der Waals surface area contributed by atoms with Crippen molar-refractivity contribution in [2.75, 3.05) is 13.6 Å². The lowest BCUT2D eigenvalue weighted by Gasteiger charge is -2.36. The third-order valence-electron chi connectivity index (χ3n) is 5.10. The number of carbonyl (C=O) groups is 2. The van der Waals surface area contributed by atoms with Crippen molar-refractivity contribution in [3.8, 4) is 0 Å². The molecule has 2 unspecified atom stereocenters. The van der Waals surface area contributed by atoms with E-state index in [2.05, 4.69) is 27.8 Å². The molecule has 0 bridgehead atoms. The van der Waals surface area contributed by atoms with Gasteiger partial charge in [-0.25, -0.2) is 15.2 Å². The van der Waals surface area contributed by atoms with E-state index in [1.165, 1.54) is 23.2 Å². The number of unbranched alkanes of at least 4 members (excludes halogenated alkanes) is 3. The summed E-state index contributed by atoms with van der Waals surface area (Å²) in [6.45, 7) is 2.73. The summed E-state index contributed by atoms with van der Waals surface area (Å²) in [5.41, 5.74) is 3.54. The molecule has 30 heavy (non-hydrogen) atoms. The lowest BCUT2D eigenvalue weighted by Crippen LogP contribution is -2.64. The molecule has 0 aromatic heterocycles. The van der Waals surface area contributed by atoms with Gasteiger partial charge in [0.2, 0.25) is 5.96 Å². The molecule has 0 aliphatic carbocycles. The summed E-state index contributed by atoms with van der Waals surface area (Å²) in [5, 5.41) is 17.3. The zero-order chi connectivity index (χ0) is 21.7. The maximum atomic E-state index is 12.5. The number of fused-ring (bicyclic) bond motifs is 1. The van der Waals surface area contributed by atoms with E-state index >= 15 is 0 Å². The summed E-state index contributed by atoms with van der Waals surface area (Å²) in [7, 11) is 1.60. The number of carbonyl (C=O) groups excluding carboxylic acids is 2. The van der Waals surface area contributed by atoms with Crippen LogP contribution in [0.3, 0.4) is 0 Å². The number of hydrogen-bond acceptors (Lipinski definition) is 8. The smallest absolute Gasteiger partial charge is 0.325 e. The van der Waals surface area contributed by atoms with Crippen LogP contribution in [0.15, 0.2) is 34.4 Å². The van der Waals surface area contributed by atoms with Crippen molar-refractivity contribution in [1.29, 1.82) is 0 Å². The number of aliphatic imine (C=N–C) groups is 1. The van der Waals surface area contributed by atoms with Crippen LogP contribution in [-0.2, 0) is 4.79 Å². The zero-order valence-corrected chi connectivity index (χ0v) is 16.9. The number of hydrogen-bond donors (Lipinski definition) is 2. The van der Waals surface area contributed by atoms with Crippen LogP contribution in [0.2, 0.25) is 0 Å². The quantitative estimate of drug-likeness (QED) is 0.287. The molecule has 1 aromatic rings. The summed E-state index contributed by atoms with van der Waals surface area (Å²) in [6.07, 6.45) is 5.01. The van der Waals surface area contributed by atoms with Crippen LogP contribution in [0.5, 0.6) is 0 Å². The van der Waals surface area contributed by atoms with E-state index in [-0.39, 0.29) is 11.6 Å². The predicted molar refractivity (Wildman–Crippen MR) is 111 cm³/mol. The molecule has 1 aromatic carbocycles. The average Bonchev–Trinajstić information content (AvgIpc) is 3.09.